The minimum absolute atomic E-state index is 0.291. The summed E-state index contributed by atoms with van der Waals surface area (Å²) in [5.74, 6) is 0.582. The van der Waals surface area contributed by atoms with Crippen molar-refractivity contribution in [3.05, 3.63) is 60.6 Å². The zero-order chi connectivity index (χ0) is 17.5. The van der Waals surface area contributed by atoms with Gasteiger partial charge in [-0.2, -0.15) is 0 Å². The molecule has 0 atom stereocenters. The summed E-state index contributed by atoms with van der Waals surface area (Å²) >= 11 is 0. The van der Waals surface area contributed by atoms with Crippen molar-refractivity contribution in [2.24, 2.45) is 0 Å². The third kappa shape index (κ3) is 4.67. The largest absolute Gasteiger partial charge is 0.357 e. The molecule has 0 saturated heterocycles. The third-order valence-corrected chi connectivity index (χ3v) is 3.78. The molecule has 0 fully saturated rings. The predicted octanol–water partition coefficient (Wildman–Crippen LogP) is 4.46. The Labute approximate surface area is 146 Å². The maximum Gasteiger partial charge on any atom is 0.323 e. The molecular weight excluding hydrogens is 314 g/mol. The first kappa shape index (κ1) is 16.7. The number of aryl methyl sites for hydroxylation is 1. The van der Waals surface area contributed by atoms with Crippen LogP contribution in [0, 0.1) is 0 Å². The summed E-state index contributed by atoms with van der Waals surface area (Å²) < 4.78 is 0. The van der Waals surface area contributed by atoms with Gasteiger partial charge in [0.15, 0.2) is 5.82 Å². The van der Waals surface area contributed by atoms with Gasteiger partial charge in [0.2, 0.25) is 0 Å². The number of carbonyl (C=O) groups excluding carboxylic acids is 1. The number of benzene rings is 1. The van der Waals surface area contributed by atoms with Crippen LogP contribution in [0.4, 0.5) is 16.2 Å². The molecule has 0 aliphatic heterocycles. The predicted molar refractivity (Wildman–Crippen MR) is 99.5 cm³/mol. The van der Waals surface area contributed by atoms with Gasteiger partial charge >= 0.3 is 6.03 Å². The van der Waals surface area contributed by atoms with E-state index in [1.54, 1.807) is 30.7 Å². The number of urea groups is 1. The number of aromatic nitrogens is 3. The number of rotatable bonds is 6. The Balaban J connectivity index is 1.57. The summed E-state index contributed by atoms with van der Waals surface area (Å²) in [6, 6.07) is 11.2. The van der Waals surface area contributed by atoms with Gasteiger partial charge < -0.3 is 15.6 Å². The molecule has 3 aromatic rings. The molecule has 0 radical (unpaired) electrons. The maximum absolute atomic E-state index is 12.1. The first-order valence-electron chi connectivity index (χ1n) is 8.37. The quantitative estimate of drug-likeness (QED) is 0.622. The highest BCUT2D eigenvalue weighted by Gasteiger charge is 2.07. The first-order chi connectivity index (χ1) is 12.2. The zero-order valence-electron chi connectivity index (χ0n) is 14.1. The fourth-order valence-electron chi connectivity index (χ4n) is 2.46. The molecule has 25 heavy (non-hydrogen) atoms. The molecule has 0 aliphatic carbocycles. The molecule has 3 N–H and O–H groups in total. The Hall–Kier alpha value is -3.15. The number of H-pyrrole nitrogens is 1. The minimum Gasteiger partial charge on any atom is -0.357 e. The maximum atomic E-state index is 12.1. The molecule has 2 heterocycles. The number of unbranched alkanes of at least 4 members (excludes halogenated alkanes) is 1. The van der Waals surface area contributed by atoms with E-state index < -0.39 is 0 Å². The van der Waals surface area contributed by atoms with Crippen molar-refractivity contribution in [2.75, 3.05) is 10.6 Å². The summed E-state index contributed by atoms with van der Waals surface area (Å²) in [4.78, 5) is 23.5. The lowest BCUT2D eigenvalue weighted by Gasteiger charge is -2.07. The van der Waals surface area contributed by atoms with Crippen LogP contribution in [0.1, 0.15) is 25.3 Å². The fourth-order valence-corrected chi connectivity index (χ4v) is 2.46. The molecule has 3 rings (SSSR count). The molecule has 2 amide bonds. The van der Waals surface area contributed by atoms with Crippen molar-refractivity contribution >= 4 is 17.4 Å². The van der Waals surface area contributed by atoms with E-state index >= 15 is 0 Å². The second kappa shape index (κ2) is 8.10. The first-order valence-corrected chi connectivity index (χ1v) is 8.37. The van der Waals surface area contributed by atoms with Gasteiger partial charge in [0.1, 0.15) is 0 Å². The van der Waals surface area contributed by atoms with Gasteiger partial charge in [-0.25, -0.2) is 14.8 Å². The molecule has 0 bridgehead atoms. The van der Waals surface area contributed by atoms with Crippen LogP contribution in [0.5, 0.6) is 0 Å². The number of hydrogen-bond donors (Lipinski definition) is 3. The fraction of sp³-hybridized carbons (Fsp3) is 0.211. The monoisotopic (exact) mass is 335 g/mol. The Morgan fingerprint density at radius 2 is 1.80 bits per heavy atom. The van der Waals surface area contributed by atoms with Crippen molar-refractivity contribution < 1.29 is 4.79 Å². The lowest BCUT2D eigenvalue weighted by molar-refractivity contribution is 0.262. The van der Waals surface area contributed by atoms with Crippen LogP contribution in [0.15, 0.2) is 55.0 Å². The van der Waals surface area contributed by atoms with E-state index in [-0.39, 0.29) is 6.03 Å². The number of anilines is 2. The Morgan fingerprint density at radius 1 is 1.08 bits per heavy atom. The minimum atomic E-state index is -0.291. The number of aromatic amines is 1. The highest BCUT2D eigenvalue weighted by atomic mass is 16.2. The van der Waals surface area contributed by atoms with Crippen molar-refractivity contribution in [3.63, 3.8) is 0 Å². The topological polar surface area (TPSA) is 82.7 Å². The number of nitrogens with zero attached hydrogens (tertiary/aromatic N) is 2. The normalized spacial score (nSPS) is 10.4. The van der Waals surface area contributed by atoms with E-state index in [4.69, 9.17) is 0 Å². The number of nitrogens with one attached hydrogen (secondary N) is 3. The van der Waals surface area contributed by atoms with Gasteiger partial charge in [-0.1, -0.05) is 25.5 Å². The van der Waals surface area contributed by atoms with E-state index in [2.05, 4.69) is 32.5 Å². The van der Waals surface area contributed by atoms with Crippen molar-refractivity contribution in [3.8, 4) is 11.5 Å². The van der Waals surface area contributed by atoms with E-state index in [1.165, 1.54) is 18.4 Å². The SMILES string of the molecule is CCCCc1ccc(NC(=O)Nc2c[nH]c(-c3ncccn3)c2)cc1. The van der Waals surface area contributed by atoms with E-state index in [1.807, 2.05) is 24.3 Å². The second-order valence-electron chi connectivity index (χ2n) is 5.75. The van der Waals surface area contributed by atoms with Gasteiger partial charge in [0.05, 0.1) is 11.4 Å². The van der Waals surface area contributed by atoms with Crippen molar-refractivity contribution in [1.82, 2.24) is 15.0 Å². The molecule has 1 aromatic carbocycles. The molecule has 0 spiro atoms. The second-order valence-corrected chi connectivity index (χ2v) is 5.75. The van der Waals surface area contributed by atoms with Crippen LogP contribution >= 0.6 is 0 Å². The lowest BCUT2D eigenvalue weighted by Crippen LogP contribution is -2.18. The Bertz CT molecular complexity index is 811. The van der Waals surface area contributed by atoms with E-state index in [9.17, 15) is 4.79 Å². The molecule has 6 heteroatoms. The molecule has 0 unspecified atom stereocenters. The Kier molecular flexibility index (Phi) is 5.41. The van der Waals surface area contributed by atoms with Gasteiger partial charge in [-0.05, 0) is 42.7 Å². The van der Waals surface area contributed by atoms with Crippen LogP contribution in [0.2, 0.25) is 0 Å². The summed E-state index contributed by atoms with van der Waals surface area (Å²) in [6.45, 7) is 2.18. The summed E-state index contributed by atoms with van der Waals surface area (Å²) in [6.07, 6.45) is 8.47. The number of amides is 2. The number of carbonyl (C=O) groups is 1. The van der Waals surface area contributed by atoms with Crippen LogP contribution in [0.25, 0.3) is 11.5 Å². The van der Waals surface area contributed by atoms with E-state index in [0.717, 1.165) is 17.8 Å². The van der Waals surface area contributed by atoms with Gasteiger partial charge in [0.25, 0.3) is 0 Å². The Morgan fingerprint density at radius 3 is 2.52 bits per heavy atom. The van der Waals surface area contributed by atoms with Crippen LogP contribution in [-0.4, -0.2) is 21.0 Å². The summed E-state index contributed by atoms with van der Waals surface area (Å²) in [5.41, 5.74) is 3.45. The molecule has 128 valence electrons. The average molecular weight is 335 g/mol. The molecule has 2 aromatic heterocycles. The smallest absolute Gasteiger partial charge is 0.323 e. The third-order valence-electron chi connectivity index (χ3n) is 3.78. The molecule has 0 aliphatic rings. The zero-order valence-corrected chi connectivity index (χ0v) is 14.1. The highest BCUT2D eigenvalue weighted by molar-refractivity contribution is 6.00. The van der Waals surface area contributed by atoms with Gasteiger partial charge in [0, 0.05) is 24.3 Å². The summed E-state index contributed by atoms with van der Waals surface area (Å²) in [5, 5.41) is 5.62. The molecule has 0 saturated carbocycles. The number of hydrogen-bond acceptors (Lipinski definition) is 3. The standard InChI is InChI=1S/C19H21N5O/c1-2-3-5-14-6-8-15(9-7-14)23-19(25)24-16-12-17(22-13-16)18-20-10-4-11-21-18/h4,6-13,22H,2-3,5H2,1H3,(H2,23,24,25). The lowest BCUT2D eigenvalue weighted by atomic mass is 10.1. The van der Waals surface area contributed by atoms with E-state index in [0.29, 0.717) is 11.5 Å². The van der Waals surface area contributed by atoms with Crippen molar-refractivity contribution in [2.45, 2.75) is 26.2 Å². The molecular formula is C19H21N5O. The summed E-state index contributed by atoms with van der Waals surface area (Å²) in [7, 11) is 0. The average Bonchev–Trinajstić information content (AvgIpc) is 3.10. The molecule has 6 nitrogen and oxygen atoms in total. The van der Waals surface area contributed by atoms with Gasteiger partial charge in [-0.15, -0.1) is 0 Å². The van der Waals surface area contributed by atoms with Crippen LogP contribution < -0.4 is 10.6 Å². The van der Waals surface area contributed by atoms with Gasteiger partial charge in [-0.3, -0.25) is 0 Å². The van der Waals surface area contributed by atoms with Crippen molar-refractivity contribution in [1.29, 1.82) is 0 Å². The van der Waals surface area contributed by atoms with Crippen LogP contribution in [-0.2, 0) is 6.42 Å². The highest BCUT2D eigenvalue weighted by Crippen LogP contribution is 2.18. The van der Waals surface area contributed by atoms with Crippen LogP contribution in [0.3, 0.4) is 0 Å².